The topological polar surface area (TPSA) is 61.8 Å². The molecule has 174 valence electrons. The monoisotopic (exact) mass is 448 g/mol. The first-order chi connectivity index (χ1) is 13.9. The fourth-order valence-corrected chi connectivity index (χ4v) is 3.15. The van der Waals surface area contributed by atoms with E-state index in [0.717, 1.165) is 12.8 Å². The average molecular weight is 448 g/mol. The van der Waals surface area contributed by atoms with Gasteiger partial charge < -0.3 is 14.2 Å². The Morgan fingerprint density at radius 2 is 1.73 bits per heavy atom. The molecule has 5 nitrogen and oxygen atoms in total. The number of hydrogen-bond acceptors (Lipinski definition) is 5. The minimum absolute atomic E-state index is 0.0138. The zero-order chi connectivity index (χ0) is 22.9. The lowest BCUT2D eigenvalue weighted by atomic mass is 10.0. The van der Waals surface area contributed by atoms with E-state index >= 15 is 0 Å². The Kier molecular flexibility index (Phi) is 10.1. The molecule has 0 unspecified atom stereocenters. The molecule has 1 saturated heterocycles. The van der Waals surface area contributed by atoms with Crippen LogP contribution in [0.5, 0.6) is 0 Å². The summed E-state index contributed by atoms with van der Waals surface area (Å²) in [5.74, 6) is -4.80. The summed E-state index contributed by atoms with van der Waals surface area (Å²) in [5.41, 5.74) is 0. The van der Waals surface area contributed by atoms with Crippen LogP contribution in [0, 0.1) is 0 Å². The van der Waals surface area contributed by atoms with Crippen LogP contribution < -0.4 is 0 Å². The molecule has 1 rings (SSSR count). The lowest BCUT2D eigenvalue weighted by molar-refractivity contribution is -0.211. The minimum Gasteiger partial charge on any atom is -0.453 e. The zero-order valence-electron chi connectivity index (χ0n) is 16.6. The Bertz CT molecular complexity index is 575. The van der Waals surface area contributed by atoms with Gasteiger partial charge in [0.15, 0.2) is 0 Å². The lowest BCUT2D eigenvalue weighted by Crippen LogP contribution is -2.37. The molecule has 11 heteroatoms. The number of alkyl halides is 6. The summed E-state index contributed by atoms with van der Waals surface area (Å²) in [5, 5.41) is 0. The summed E-state index contributed by atoms with van der Waals surface area (Å²) < 4.78 is 90.3. The molecule has 1 fully saturated rings. The van der Waals surface area contributed by atoms with Gasteiger partial charge in [0, 0.05) is 6.42 Å². The molecule has 1 aliphatic rings. The number of unbranched alkanes of at least 4 members (excludes halogenated alkanes) is 3. The van der Waals surface area contributed by atoms with Gasteiger partial charge in [-0.05, 0) is 25.7 Å². The van der Waals surface area contributed by atoms with Crippen molar-refractivity contribution < 1.29 is 50.1 Å². The van der Waals surface area contributed by atoms with Gasteiger partial charge in [-0.2, -0.15) is 26.3 Å². The van der Waals surface area contributed by atoms with E-state index in [4.69, 9.17) is 4.74 Å². The normalized spacial score (nSPS) is 23.1. The van der Waals surface area contributed by atoms with Crippen LogP contribution >= 0.6 is 0 Å². The molecule has 0 aromatic carbocycles. The first-order valence-electron chi connectivity index (χ1n) is 9.72. The standard InChI is InChI=1S/C19H26F6O5/c1-3-5-7-9-12-15(30-17(27)19(23,24)25)11-14(28-12)13(10-8-6-4-2)29-16(26)18(20,21)22/h4,12-15H,2-3,5-11H2,1H3/t12-,13+,14+,15-/m0/s1. The molecule has 0 aromatic heterocycles. The molecule has 1 aliphatic heterocycles. The van der Waals surface area contributed by atoms with Crippen LogP contribution in [0.4, 0.5) is 26.3 Å². The molecule has 0 aromatic rings. The maximum atomic E-state index is 12.6. The maximum Gasteiger partial charge on any atom is 0.490 e. The van der Waals surface area contributed by atoms with E-state index in [9.17, 15) is 35.9 Å². The average Bonchev–Trinajstić information content (AvgIpc) is 3.02. The van der Waals surface area contributed by atoms with E-state index < -0.39 is 48.7 Å². The highest BCUT2D eigenvalue weighted by atomic mass is 19.4. The molecule has 0 aliphatic carbocycles. The van der Waals surface area contributed by atoms with Gasteiger partial charge in [0.2, 0.25) is 0 Å². The van der Waals surface area contributed by atoms with E-state index in [-0.39, 0.29) is 19.3 Å². The van der Waals surface area contributed by atoms with Crippen molar-refractivity contribution in [2.45, 2.75) is 95.1 Å². The van der Waals surface area contributed by atoms with Gasteiger partial charge in [-0.25, -0.2) is 9.59 Å². The number of hydrogen-bond donors (Lipinski definition) is 0. The van der Waals surface area contributed by atoms with Crippen LogP contribution in [-0.2, 0) is 23.8 Å². The fourth-order valence-electron chi connectivity index (χ4n) is 3.15. The first kappa shape index (κ1) is 26.3. The summed E-state index contributed by atoms with van der Waals surface area (Å²) in [6.45, 7) is 5.40. The third-order valence-electron chi connectivity index (χ3n) is 4.61. The van der Waals surface area contributed by atoms with Gasteiger partial charge in [0.05, 0.1) is 12.2 Å². The number of esters is 2. The SMILES string of the molecule is C=CCCC[C@@H](OC(=O)C(F)(F)F)[C@H]1C[C@H](OC(=O)C(F)(F)F)[C@H](CCCCC)O1. The van der Waals surface area contributed by atoms with Gasteiger partial charge in [-0.3, -0.25) is 0 Å². The highest BCUT2D eigenvalue weighted by Crippen LogP contribution is 2.34. The molecule has 0 radical (unpaired) electrons. The van der Waals surface area contributed by atoms with E-state index in [1.165, 1.54) is 6.08 Å². The molecule has 1 heterocycles. The van der Waals surface area contributed by atoms with Crippen molar-refractivity contribution in [1.82, 2.24) is 0 Å². The fraction of sp³-hybridized carbons (Fsp3) is 0.789. The largest absolute Gasteiger partial charge is 0.490 e. The Morgan fingerprint density at radius 3 is 2.27 bits per heavy atom. The zero-order valence-corrected chi connectivity index (χ0v) is 16.6. The summed E-state index contributed by atoms with van der Waals surface area (Å²) in [6.07, 6.45) is -10.8. The van der Waals surface area contributed by atoms with Crippen molar-refractivity contribution in [3.8, 4) is 0 Å². The predicted molar refractivity (Wildman–Crippen MR) is 93.3 cm³/mol. The van der Waals surface area contributed by atoms with Gasteiger partial charge >= 0.3 is 24.3 Å². The van der Waals surface area contributed by atoms with E-state index in [1.807, 2.05) is 6.92 Å². The van der Waals surface area contributed by atoms with E-state index in [0.29, 0.717) is 19.3 Å². The van der Waals surface area contributed by atoms with Crippen molar-refractivity contribution in [3.63, 3.8) is 0 Å². The number of rotatable bonds is 11. The van der Waals surface area contributed by atoms with Crippen LogP contribution in [0.15, 0.2) is 12.7 Å². The maximum absolute atomic E-state index is 12.6. The van der Waals surface area contributed by atoms with E-state index in [1.54, 1.807) is 0 Å². The van der Waals surface area contributed by atoms with Crippen LogP contribution in [-0.4, -0.2) is 48.7 Å². The number of carbonyl (C=O) groups is 2. The third kappa shape index (κ3) is 8.53. The van der Waals surface area contributed by atoms with Crippen LogP contribution in [0.1, 0.15) is 58.3 Å². The molecule has 0 bridgehead atoms. The van der Waals surface area contributed by atoms with Crippen LogP contribution in [0.25, 0.3) is 0 Å². The van der Waals surface area contributed by atoms with Gasteiger partial charge in [0.25, 0.3) is 0 Å². The number of halogens is 6. The number of carbonyl (C=O) groups excluding carboxylic acids is 2. The number of ether oxygens (including phenoxy) is 3. The molecule has 0 saturated carbocycles. The minimum atomic E-state index is -5.22. The summed E-state index contributed by atoms with van der Waals surface area (Å²) in [6, 6.07) is 0. The molecule has 4 atom stereocenters. The second-order valence-corrected chi connectivity index (χ2v) is 7.05. The molecule has 30 heavy (non-hydrogen) atoms. The Hall–Kier alpha value is -1.78. The third-order valence-corrected chi connectivity index (χ3v) is 4.61. The smallest absolute Gasteiger partial charge is 0.453 e. The Balaban J connectivity index is 2.94. The predicted octanol–water partition coefficient (Wildman–Crippen LogP) is 5.03. The second-order valence-electron chi connectivity index (χ2n) is 7.05. The van der Waals surface area contributed by atoms with E-state index in [2.05, 4.69) is 16.1 Å². The summed E-state index contributed by atoms with van der Waals surface area (Å²) in [7, 11) is 0. The van der Waals surface area contributed by atoms with Gasteiger partial charge in [-0.15, -0.1) is 6.58 Å². The van der Waals surface area contributed by atoms with Crippen molar-refractivity contribution in [2.24, 2.45) is 0 Å². The van der Waals surface area contributed by atoms with Crippen LogP contribution in [0.3, 0.4) is 0 Å². The summed E-state index contributed by atoms with van der Waals surface area (Å²) in [4.78, 5) is 22.5. The molecule has 0 amide bonds. The van der Waals surface area contributed by atoms with Crippen molar-refractivity contribution >= 4 is 11.9 Å². The van der Waals surface area contributed by atoms with Gasteiger partial charge in [0.1, 0.15) is 12.2 Å². The first-order valence-corrected chi connectivity index (χ1v) is 9.72. The highest BCUT2D eigenvalue weighted by molar-refractivity contribution is 5.76. The highest BCUT2D eigenvalue weighted by Gasteiger charge is 2.49. The van der Waals surface area contributed by atoms with Gasteiger partial charge in [-0.1, -0.05) is 32.3 Å². The second kappa shape index (κ2) is 11.6. The quantitative estimate of drug-likeness (QED) is 0.192. The molecular weight excluding hydrogens is 422 g/mol. The van der Waals surface area contributed by atoms with Crippen molar-refractivity contribution in [3.05, 3.63) is 12.7 Å². The molecular formula is C19H26F6O5. The van der Waals surface area contributed by atoms with Crippen molar-refractivity contribution in [2.75, 3.05) is 0 Å². The Labute approximate surface area is 170 Å². The molecule has 0 N–H and O–H groups in total. The lowest BCUT2D eigenvalue weighted by Gasteiger charge is -2.24. The van der Waals surface area contributed by atoms with Crippen LogP contribution in [0.2, 0.25) is 0 Å². The summed E-state index contributed by atoms with van der Waals surface area (Å²) >= 11 is 0. The Morgan fingerprint density at radius 1 is 1.10 bits per heavy atom. The van der Waals surface area contributed by atoms with Crippen molar-refractivity contribution in [1.29, 1.82) is 0 Å². The molecule has 0 spiro atoms. The number of allylic oxidation sites excluding steroid dienone is 1.